The summed E-state index contributed by atoms with van der Waals surface area (Å²) in [6.07, 6.45) is 0. The highest BCUT2D eigenvalue weighted by atomic mass is 32.1. The van der Waals surface area contributed by atoms with Gasteiger partial charge in [-0.05, 0) is 18.5 Å². The van der Waals surface area contributed by atoms with Crippen LogP contribution in [0, 0.1) is 29.6 Å². The Morgan fingerprint density at radius 2 is 1.96 bits per heavy atom. The van der Waals surface area contributed by atoms with Crippen molar-refractivity contribution >= 4 is 28.3 Å². The Balaban J connectivity index is 2.08. The van der Waals surface area contributed by atoms with Gasteiger partial charge < -0.3 is 10.7 Å². The van der Waals surface area contributed by atoms with Gasteiger partial charge in [0.25, 0.3) is 5.91 Å². The van der Waals surface area contributed by atoms with E-state index in [1.807, 2.05) is 42.5 Å². The van der Waals surface area contributed by atoms with Crippen LogP contribution in [-0.4, -0.2) is 20.2 Å². The minimum absolute atomic E-state index is 0.170. The molecule has 2 aromatic heterocycles. The number of hydrogen-bond acceptors (Lipinski definition) is 8. The highest BCUT2D eigenvalue weighted by Gasteiger charge is 2.20. The van der Waals surface area contributed by atoms with Crippen LogP contribution in [0.3, 0.4) is 0 Å². The van der Waals surface area contributed by atoms with E-state index in [9.17, 15) is 4.79 Å². The van der Waals surface area contributed by atoms with Gasteiger partial charge >= 0.3 is 0 Å². The Morgan fingerprint density at radius 3 is 2.59 bits per heavy atom. The number of rotatable bonds is 5. The maximum absolute atomic E-state index is 11.6. The second-order valence-electron chi connectivity index (χ2n) is 5.39. The molecule has 0 radical (unpaired) electrons. The first kappa shape index (κ1) is 17.9. The lowest BCUT2D eigenvalue weighted by Gasteiger charge is -1.97. The molecule has 0 bridgehead atoms. The molecule has 132 valence electrons. The van der Waals surface area contributed by atoms with E-state index in [1.54, 1.807) is 6.92 Å². The van der Waals surface area contributed by atoms with Crippen molar-refractivity contribution in [2.45, 2.75) is 12.8 Å². The maximum atomic E-state index is 11.6. The number of benzene rings is 1. The van der Waals surface area contributed by atoms with Gasteiger partial charge in [0.15, 0.2) is 16.7 Å². The third-order valence-corrected chi connectivity index (χ3v) is 4.44. The number of carbonyl (C=O) groups excluding carboxylic acids is 1. The van der Waals surface area contributed by atoms with Crippen LogP contribution in [0.4, 0.5) is 10.8 Å². The van der Waals surface area contributed by atoms with Crippen molar-refractivity contribution in [2.75, 3.05) is 0 Å². The molecule has 1 aromatic carbocycles. The van der Waals surface area contributed by atoms with Crippen LogP contribution in [0.5, 0.6) is 0 Å². The first-order valence-electron chi connectivity index (χ1n) is 7.67. The number of aromatic nitrogens is 3. The second-order valence-corrected chi connectivity index (χ2v) is 6.14. The average Bonchev–Trinajstić information content (AvgIpc) is 3.25. The number of azo groups is 1. The Hall–Kier alpha value is -3.89. The second kappa shape index (κ2) is 7.56. The standard InChI is InChI=1S/C17H12N8OS/c1-9-12(14(20)26)17(27-25-9)24-23-16-13(10-5-3-2-4-6-10)21-15(22-16)11(7-18)8-19/h2-6,11H,1H3,(H2,20,26)(H,21,22)/b24-23+. The molecule has 2 heterocycles. The Bertz CT molecular complexity index is 1090. The van der Waals surface area contributed by atoms with E-state index in [-0.39, 0.29) is 22.2 Å². The van der Waals surface area contributed by atoms with Crippen molar-refractivity contribution in [1.29, 1.82) is 10.5 Å². The zero-order valence-electron chi connectivity index (χ0n) is 14.0. The number of amides is 1. The lowest BCUT2D eigenvalue weighted by molar-refractivity contribution is 0.100. The molecule has 27 heavy (non-hydrogen) atoms. The smallest absolute Gasteiger partial charge is 0.253 e. The molecule has 3 N–H and O–H groups in total. The molecule has 0 aliphatic carbocycles. The van der Waals surface area contributed by atoms with E-state index in [0.29, 0.717) is 11.4 Å². The Labute approximate surface area is 158 Å². The normalized spacial score (nSPS) is 10.8. The van der Waals surface area contributed by atoms with E-state index in [2.05, 4.69) is 24.6 Å². The fraction of sp³-hybridized carbons (Fsp3) is 0.118. The lowest BCUT2D eigenvalue weighted by atomic mass is 10.1. The van der Waals surface area contributed by atoms with Crippen LogP contribution in [0.2, 0.25) is 0 Å². The number of H-pyrrole nitrogens is 1. The van der Waals surface area contributed by atoms with Crippen molar-refractivity contribution in [2.24, 2.45) is 16.0 Å². The first-order valence-corrected chi connectivity index (χ1v) is 8.44. The summed E-state index contributed by atoms with van der Waals surface area (Å²) >= 11 is 0.997. The molecule has 0 atom stereocenters. The molecule has 3 rings (SSSR count). The summed E-state index contributed by atoms with van der Waals surface area (Å²) in [6.45, 7) is 1.66. The number of aromatic amines is 1. The molecule has 3 aromatic rings. The van der Waals surface area contributed by atoms with Crippen LogP contribution < -0.4 is 5.73 Å². The summed E-state index contributed by atoms with van der Waals surface area (Å²) in [5.74, 6) is -1.28. The van der Waals surface area contributed by atoms with Crippen molar-refractivity contribution in [3.63, 3.8) is 0 Å². The molecular formula is C17H12N8OS. The highest BCUT2D eigenvalue weighted by molar-refractivity contribution is 7.10. The quantitative estimate of drug-likeness (QED) is 0.651. The monoisotopic (exact) mass is 376 g/mol. The van der Waals surface area contributed by atoms with Crippen molar-refractivity contribution in [3.05, 3.63) is 47.4 Å². The third kappa shape index (κ3) is 3.56. The van der Waals surface area contributed by atoms with Crippen LogP contribution in [-0.2, 0) is 0 Å². The zero-order valence-corrected chi connectivity index (χ0v) is 14.9. The third-order valence-electron chi connectivity index (χ3n) is 3.61. The molecule has 1 amide bonds. The SMILES string of the molecule is Cc1nsc(/N=N/c2[nH]c(C(C#N)C#N)nc2-c2ccccc2)c1C(N)=O. The summed E-state index contributed by atoms with van der Waals surface area (Å²) in [6, 6.07) is 12.9. The molecule has 0 saturated carbocycles. The van der Waals surface area contributed by atoms with Crippen LogP contribution >= 0.6 is 11.5 Å². The molecule has 0 spiro atoms. The number of aryl methyl sites for hydroxylation is 1. The van der Waals surface area contributed by atoms with Crippen LogP contribution in [0.25, 0.3) is 11.3 Å². The predicted molar refractivity (Wildman–Crippen MR) is 97.5 cm³/mol. The zero-order chi connectivity index (χ0) is 19.4. The van der Waals surface area contributed by atoms with E-state index < -0.39 is 11.8 Å². The first-order chi connectivity index (χ1) is 13.0. The fourth-order valence-electron chi connectivity index (χ4n) is 2.34. The molecule has 10 heteroatoms. The van der Waals surface area contributed by atoms with Gasteiger partial charge in [0.1, 0.15) is 17.1 Å². The molecular weight excluding hydrogens is 364 g/mol. The molecule has 0 fully saturated rings. The number of imidazole rings is 1. The summed E-state index contributed by atoms with van der Waals surface area (Å²) in [5.41, 5.74) is 7.22. The minimum Gasteiger partial charge on any atom is -0.365 e. The minimum atomic E-state index is -1.07. The number of nitriles is 2. The molecule has 0 aliphatic heterocycles. The highest BCUT2D eigenvalue weighted by Crippen LogP contribution is 2.33. The number of hydrogen-bond donors (Lipinski definition) is 2. The van der Waals surface area contributed by atoms with Gasteiger partial charge in [0.2, 0.25) is 0 Å². The average molecular weight is 376 g/mol. The number of nitrogens with one attached hydrogen (secondary N) is 1. The Kier molecular flexibility index (Phi) is 5.01. The number of nitrogens with zero attached hydrogens (tertiary/aromatic N) is 6. The van der Waals surface area contributed by atoms with Gasteiger partial charge in [-0.3, -0.25) is 4.79 Å². The van der Waals surface area contributed by atoms with Gasteiger partial charge in [0.05, 0.1) is 17.8 Å². The molecule has 9 nitrogen and oxygen atoms in total. The largest absolute Gasteiger partial charge is 0.365 e. The van der Waals surface area contributed by atoms with Gasteiger partial charge in [0, 0.05) is 5.56 Å². The maximum Gasteiger partial charge on any atom is 0.253 e. The summed E-state index contributed by atoms with van der Waals surface area (Å²) in [5, 5.41) is 26.7. The topological polar surface area (TPSA) is 157 Å². The lowest BCUT2D eigenvalue weighted by Crippen LogP contribution is -2.11. The predicted octanol–water partition coefficient (Wildman–Crippen LogP) is 3.49. The molecule has 0 unspecified atom stereocenters. The van der Waals surface area contributed by atoms with Gasteiger partial charge in [-0.2, -0.15) is 14.9 Å². The van der Waals surface area contributed by atoms with Gasteiger partial charge in [-0.15, -0.1) is 10.2 Å². The molecule has 0 saturated heterocycles. The van der Waals surface area contributed by atoms with E-state index in [4.69, 9.17) is 16.3 Å². The van der Waals surface area contributed by atoms with Crippen molar-refractivity contribution in [1.82, 2.24) is 14.3 Å². The van der Waals surface area contributed by atoms with Crippen molar-refractivity contribution in [3.8, 4) is 23.4 Å². The summed E-state index contributed by atoms with van der Waals surface area (Å²) < 4.78 is 4.07. The van der Waals surface area contributed by atoms with Gasteiger partial charge in [-0.1, -0.05) is 30.3 Å². The number of carbonyl (C=O) groups is 1. The van der Waals surface area contributed by atoms with E-state index in [1.165, 1.54) is 0 Å². The number of primary amides is 1. The Morgan fingerprint density at radius 1 is 1.26 bits per heavy atom. The van der Waals surface area contributed by atoms with Crippen LogP contribution in [0.15, 0.2) is 40.6 Å². The summed E-state index contributed by atoms with van der Waals surface area (Å²) in [4.78, 5) is 18.8. The summed E-state index contributed by atoms with van der Waals surface area (Å²) in [7, 11) is 0. The number of nitrogens with two attached hydrogens (primary N) is 1. The van der Waals surface area contributed by atoms with E-state index in [0.717, 1.165) is 17.1 Å². The van der Waals surface area contributed by atoms with Crippen LogP contribution in [0.1, 0.15) is 27.8 Å². The van der Waals surface area contributed by atoms with Crippen molar-refractivity contribution < 1.29 is 4.79 Å². The molecule has 0 aliphatic rings. The van der Waals surface area contributed by atoms with E-state index >= 15 is 0 Å². The van der Waals surface area contributed by atoms with Gasteiger partial charge in [-0.25, -0.2) is 4.98 Å². The fourth-order valence-corrected chi connectivity index (χ4v) is 3.08.